The fourth-order valence-corrected chi connectivity index (χ4v) is 4.52. The Bertz CT molecular complexity index is 1030. The molecule has 2 amide bonds. The van der Waals surface area contributed by atoms with Crippen LogP contribution in [0.4, 0.5) is 0 Å². The molecule has 1 N–H and O–H groups in total. The van der Waals surface area contributed by atoms with Crippen molar-refractivity contribution in [3.05, 3.63) is 60.2 Å². The summed E-state index contributed by atoms with van der Waals surface area (Å²) in [6.45, 7) is 3.87. The van der Waals surface area contributed by atoms with Gasteiger partial charge in [0.2, 0.25) is 5.91 Å². The zero-order chi connectivity index (χ0) is 27.7. The van der Waals surface area contributed by atoms with E-state index in [2.05, 4.69) is 12.2 Å². The highest BCUT2D eigenvalue weighted by Gasteiger charge is 2.35. The summed E-state index contributed by atoms with van der Waals surface area (Å²) in [6.07, 6.45) is 9.07. The number of nitrogens with zero attached hydrogens (tertiary/aromatic N) is 1. The number of rotatable bonds is 17. The molecule has 0 bridgehead atoms. The van der Waals surface area contributed by atoms with E-state index in [9.17, 15) is 14.4 Å². The third-order valence-electron chi connectivity index (χ3n) is 6.66. The lowest BCUT2D eigenvalue weighted by Gasteiger charge is -2.34. The van der Waals surface area contributed by atoms with Crippen molar-refractivity contribution in [2.24, 2.45) is 0 Å². The van der Waals surface area contributed by atoms with Crippen molar-refractivity contribution in [2.45, 2.75) is 70.8 Å². The molecular formula is C31H42N2O6. The zero-order valence-corrected chi connectivity index (χ0v) is 23.1. The van der Waals surface area contributed by atoms with Gasteiger partial charge >= 0.3 is 5.97 Å². The van der Waals surface area contributed by atoms with E-state index >= 15 is 0 Å². The van der Waals surface area contributed by atoms with Crippen LogP contribution >= 0.6 is 0 Å². The first-order chi connectivity index (χ1) is 19.1. The zero-order valence-electron chi connectivity index (χ0n) is 23.1. The molecule has 0 saturated carbocycles. The van der Waals surface area contributed by atoms with Crippen LogP contribution in [0.25, 0.3) is 0 Å². The normalized spacial score (nSPS) is 14.9. The lowest BCUT2D eigenvalue weighted by atomic mass is 10.1. The smallest absolute Gasteiger partial charge is 0.308 e. The minimum atomic E-state index is -0.902. The van der Waals surface area contributed by atoms with E-state index in [1.807, 2.05) is 30.3 Å². The summed E-state index contributed by atoms with van der Waals surface area (Å²) in [6, 6.07) is 15.4. The maximum Gasteiger partial charge on any atom is 0.308 e. The molecule has 0 radical (unpaired) electrons. The Balaban J connectivity index is 1.45. The standard InChI is InChI=1S/C31H42N2O6/c1-2-3-4-5-6-7-8-12-20-39-29(34)24-28-30(35)32-18-19-33(28)31(36)25-14-13-17-27(23-25)38-22-21-37-26-15-10-9-11-16-26/h9-11,13-17,23,28H,2-8,12,18-22,24H2,1H3,(H,32,35). The lowest BCUT2D eigenvalue weighted by molar-refractivity contribution is -0.147. The number of amides is 2. The van der Waals surface area contributed by atoms with E-state index in [1.165, 1.54) is 37.0 Å². The number of carbonyl (C=O) groups excluding carboxylic acids is 3. The molecule has 0 aliphatic carbocycles. The van der Waals surface area contributed by atoms with Crippen LogP contribution in [0.5, 0.6) is 11.5 Å². The monoisotopic (exact) mass is 538 g/mol. The second-order valence-corrected chi connectivity index (χ2v) is 9.74. The highest BCUT2D eigenvalue weighted by atomic mass is 16.5. The summed E-state index contributed by atoms with van der Waals surface area (Å²) in [5.74, 6) is 0.158. The molecule has 0 aromatic heterocycles. The second-order valence-electron chi connectivity index (χ2n) is 9.74. The van der Waals surface area contributed by atoms with Gasteiger partial charge in [0.15, 0.2) is 0 Å². The predicted molar refractivity (Wildman–Crippen MR) is 150 cm³/mol. The molecule has 1 fully saturated rings. The number of unbranched alkanes of at least 4 members (excludes halogenated alkanes) is 7. The first-order valence-corrected chi connectivity index (χ1v) is 14.2. The van der Waals surface area contributed by atoms with Crippen molar-refractivity contribution in [1.82, 2.24) is 10.2 Å². The fraction of sp³-hybridized carbons (Fsp3) is 0.516. The van der Waals surface area contributed by atoms with E-state index in [1.54, 1.807) is 24.3 Å². The van der Waals surface area contributed by atoms with Crippen LogP contribution in [0, 0.1) is 0 Å². The lowest BCUT2D eigenvalue weighted by Crippen LogP contribution is -2.57. The molecule has 212 valence electrons. The summed E-state index contributed by atoms with van der Waals surface area (Å²) in [5.41, 5.74) is 0.392. The van der Waals surface area contributed by atoms with Crippen molar-refractivity contribution >= 4 is 17.8 Å². The Morgan fingerprint density at radius 3 is 2.26 bits per heavy atom. The topological polar surface area (TPSA) is 94.2 Å². The number of nitrogens with one attached hydrogen (secondary N) is 1. The van der Waals surface area contributed by atoms with Crippen LogP contribution in [-0.4, -0.2) is 61.6 Å². The quantitative estimate of drug-likeness (QED) is 0.221. The molecule has 1 aliphatic rings. The highest BCUT2D eigenvalue weighted by molar-refractivity contribution is 5.99. The van der Waals surface area contributed by atoms with Crippen molar-refractivity contribution in [3.63, 3.8) is 0 Å². The largest absolute Gasteiger partial charge is 0.490 e. The van der Waals surface area contributed by atoms with Crippen LogP contribution in [0.3, 0.4) is 0 Å². The van der Waals surface area contributed by atoms with Crippen LogP contribution in [0.2, 0.25) is 0 Å². The van der Waals surface area contributed by atoms with Crippen LogP contribution in [0.1, 0.15) is 75.1 Å². The molecule has 39 heavy (non-hydrogen) atoms. The number of hydrogen-bond acceptors (Lipinski definition) is 6. The third kappa shape index (κ3) is 10.6. The summed E-state index contributed by atoms with van der Waals surface area (Å²) in [5, 5.41) is 2.76. The Labute approximate surface area is 232 Å². The van der Waals surface area contributed by atoms with Crippen molar-refractivity contribution in [3.8, 4) is 11.5 Å². The summed E-state index contributed by atoms with van der Waals surface area (Å²) in [7, 11) is 0. The molecule has 1 heterocycles. The number of para-hydroxylation sites is 1. The number of benzene rings is 2. The molecule has 3 rings (SSSR count). The third-order valence-corrected chi connectivity index (χ3v) is 6.66. The maximum atomic E-state index is 13.3. The van der Waals surface area contributed by atoms with Gasteiger partial charge in [-0.3, -0.25) is 14.4 Å². The highest BCUT2D eigenvalue weighted by Crippen LogP contribution is 2.19. The average Bonchev–Trinajstić information content (AvgIpc) is 2.96. The molecule has 0 spiro atoms. The van der Waals surface area contributed by atoms with Gasteiger partial charge in [0.1, 0.15) is 30.8 Å². The number of hydrogen-bond donors (Lipinski definition) is 1. The van der Waals surface area contributed by atoms with E-state index < -0.39 is 12.0 Å². The first-order valence-electron chi connectivity index (χ1n) is 14.2. The van der Waals surface area contributed by atoms with Crippen molar-refractivity contribution in [2.75, 3.05) is 32.9 Å². The number of carbonyl (C=O) groups is 3. The van der Waals surface area contributed by atoms with Crippen LogP contribution in [0.15, 0.2) is 54.6 Å². The summed E-state index contributed by atoms with van der Waals surface area (Å²) < 4.78 is 16.8. The Kier molecular flexibility index (Phi) is 13.2. The van der Waals surface area contributed by atoms with Gasteiger partial charge < -0.3 is 24.4 Å². The van der Waals surface area contributed by atoms with Gasteiger partial charge in [0, 0.05) is 18.7 Å². The predicted octanol–water partition coefficient (Wildman–Crippen LogP) is 5.16. The summed E-state index contributed by atoms with van der Waals surface area (Å²) >= 11 is 0. The van der Waals surface area contributed by atoms with Crippen molar-refractivity contribution < 1.29 is 28.6 Å². The van der Waals surface area contributed by atoms with Gasteiger partial charge in [-0.25, -0.2) is 0 Å². The molecule has 1 aliphatic heterocycles. The average molecular weight is 539 g/mol. The first kappa shape index (κ1) is 30.0. The van der Waals surface area contributed by atoms with E-state index in [4.69, 9.17) is 14.2 Å². The second kappa shape index (κ2) is 17.1. The van der Waals surface area contributed by atoms with Gasteiger partial charge in [-0.15, -0.1) is 0 Å². The van der Waals surface area contributed by atoms with Crippen LogP contribution in [-0.2, 0) is 14.3 Å². The Hall–Kier alpha value is -3.55. The Morgan fingerprint density at radius 1 is 0.846 bits per heavy atom. The molecule has 1 atom stereocenters. The molecule has 1 saturated heterocycles. The maximum absolute atomic E-state index is 13.3. The van der Waals surface area contributed by atoms with E-state index in [-0.39, 0.29) is 18.2 Å². The molecule has 8 nitrogen and oxygen atoms in total. The van der Waals surface area contributed by atoms with E-state index in [0.717, 1.165) is 25.0 Å². The molecule has 1 unspecified atom stereocenters. The fourth-order valence-electron chi connectivity index (χ4n) is 4.52. The Morgan fingerprint density at radius 2 is 1.51 bits per heavy atom. The number of esters is 1. The van der Waals surface area contributed by atoms with Gasteiger partial charge in [0.25, 0.3) is 5.91 Å². The van der Waals surface area contributed by atoms with Gasteiger partial charge in [-0.2, -0.15) is 0 Å². The molecular weight excluding hydrogens is 496 g/mol. The molecule has 8 heteroatoms. The minimum absolute atomic E-state index is 0.165. The minimum Gasteiger partial charge on any atom is -0.490 e. The van der Waals surface area contributed by atoms with Gasteiger partial charge in [-0.05, 0) is 36.8 Å². The number of piperazine rings is 1. The SMILES string of the molecule is CCCCCCCCCCOC(=O)CC1C(=O)NCCN1C(=O)c1cccc(OCCOc2ccccc2)c1. The van der Waals surface area contributed by atoms with Gasteiger partial charge in [-0.1, -0.05) is 76.1 Å². The van der Waals surface area contributed by atoms with Gasteiger partial charge in [0.05, 0.1) is 13.0 Å². The van der Waals surface area contributed by atoms with E-state index in [0.29, 0.717) is 44.2 Å². The number of ether oxygens (including phenoxy) is 3. The van der Waals surface area contributed by atoms with Crippen molar-refractivity contribution in [1.29, 1.82) is 0 Å². The molecule has 2 aromatic rings. The molecule has 2 aromatic carbocycles. The summed E-state index contributed by atoms with van der Waals surface area (Å²) in [4.78, 5) is 39.9. The van der Waals surface area contributed by atoms with Crippen LogP contribution < -0.4 is 14.8 Å².